The van der Waals surface area contributed by atoms with E-state index in [2.05, 4.69) is 11.1 Å². The Morgan fingerprint density at radius 3 is 2.95 bits per heavy atom. The van der Waals surface area contributed by atoms with Gasteiger partial charge in [0.15, 0.2) is 0 Å². The highest BCUT2D eigenvalue weighted by molar-refractivity contribution is 6.06. The van der Waals surface area contributed by atoms with Gasteiger partial charge in [-0.1, -0.05) is 18.2 Å². The van der Waals surface area contributed by atoms with Crippen LogP contribution in [-0.2, 0) is 6.42 Å². The Labute approximate surface area is 111 Å². The second-order valence-electron chi connectivity index (χ2n) is 4.62. The fourth-order valence-electron chi connectivity index (χ4n) is 2.45. The van der Waals surface area contributed by atoms with Crippen LogP contribution >= 0.6 is 0 Å². The van der Waals surface area contributed by atoms with E-state index in [0.29, 0.717) is 12.1 Å². The van der Waals surface area contributed by atoms with Crippen molar-refractivity contribution in [2.45, 2.75) is 12.8 Å². The zero-order chi connectivity index (χ0) is 13.2. The second kappa shape index (κ2) is 4.72. The Morgan fingerprint density at radius 2 is 2.11 bits per heavy atom. The molecule has 1 aromatic carbocycles. The van der Waals surface area contributed by atoms with E-state index in [9.17, 15) is 9.90 Å². The minimum atomic E-state index is -0.115. The molecule has 1 aromatic heterocycles. The number of anilines is 1. The summed E-state index contributed by atoms with van der Waals surface area (Å²) in [6, 6.07) is 9.39. The largest absolute Gasteiger partial charge is 0.506 e. The summed E-state index contributed by atoms with van der Waals surface area (Å²) in [5.41, 5.74) is 2.56. The number of carbonyl (C=O) groups is 1. The highest BCUT2D eigenvalue weighted by Crippen LogP contribution is 2.28. The Kier molecular flexibility index (Phi) is 2.91. The van der Waals surface area contributed by atoms with E-state index in [1.54, 1.807) is 4.90 Å². The van der Waals surface area contributed by atoms with Crippen LogP contribution in [0.4, 0.5) is 5.69 Å². The lowest BCUT2D eigenvalue weighted by Gasteiger charge is -2.29. The van der Waals surface area contributed by atoms with Gasteiger partial charge in [-0.3, -0.25) is 9.78 Å². The van der Waals surface area contributed by atoms with E-state index in [1.165, 1.54) is 24.0 Å². The number of benzene rings is 1. The van der Waals surface area contributed by atoms with Crippen LogP contribution in [0, 0.1) is 0 Å². The lowest BCUT2D eigenvalue weighted by molar-refractivity contribution is 0.0984. The minimum absolute atomic E-state index is 0.0103. The van der Waals surface area contributed by atoms with Gasteiger partial charge in [0.2, 0.25) is 0 Å². The predicted molar refractivity (Wildman–Crippen MR) is 72.3 cm³/mol. The number of aryl methyl sites for hydroxylation is 1. The molecule has 0 unspecified atom stereocenters. The molecular formula is C15H14N2O2. The van der Waals surface area contributed by atoms with Crippen molar-refractivity contribution in [1.29, 1.82) is 0 Å². The van der Waals surface area contributed by atoms with Crippen LogP contribution in [0.2, 0.25) is 0 Å². The maximum Gasteiger partial charge on any atom is 0.259 e. The second-order valence-corrected chi connectivity index (χ2v) is 4.62. The van der Waals surface area contributed by atoms with Crippen molar-refractivity contribution >= 4 is 11.6 Å². The molecule has 19 heavy (non-hydrogen) atoms. The van der Waals surface area contributed by atoms with Gasteiger partial charge in [0.1, 0.15) is 5.75 Å². The predicted octanol–water partition coefficient (Wildman–Crippen LogP) is 2.38. The smallest absolute Gasteiger partial charge is 0.259 e. The molecule has 0 atom stereocenters. The highest BCUT2D eigenvalue weighted by Gasteiger charge is 2.23. The van der Waals surface area contributed by atoms with Crippen LogP contribution in [0.3, 0.4) is 0 Å². The van der Waals surface area contributed by atoms with E-state index >= 15 is 0 Å². The number of aromatic hydroxyl groups is 1. The number of nitrogens with zero attached hydrogens (tertiary/aromatic N) is 2. The van der Waals surface area contributed by atoms with Crippen molar-refractivity contribution in [1.82, 2.24) is 4.98 Å². The summed E-state index contributed by atoms with van der Waals surface area (Å²) in [4.78, 5) is 18.1. The van der Waals surface area contributed by atoms with E-state index < -0.39 is 0 Å². The van der Waals surface area contributed by atoms with Crippen LogP contribution in [0.5, 0.6) is 5.75 Å². The fraction of sp³-hybridized carbons (Fsp3) is 0.200. The van der Waals surface area contributed by atoms with Crippen molar-refractivity contribution in [3.05, 3.63) is 53.9 Å². The molecule has 96 valence electrons. The van der Waals surface area contributed by atoms with E-state index in [0.717, 1.165) is 18.5 Å². The molecule has 0 bridgehead atoms. The molecule has 1 aliphatic heterocycles. The van der Waals surface area contributed by atoms with Gasteiger partial charge in [-0.2, -0.15) is 0 Å². The molecule has 2 aromatic rings. The third-order valence-electron chi connectivity index (χ3n) is 3.33. The number of hydrogen-bond acceptors (Lipinski definition) is 3. The summed E-state index contributed by atoms with van der Waals surface area (Å²) >= 11 is 0. The first-order chi connectivity index (χ1) is 9.25. The van der Waals surface area contributed by atoms with Gasteiger partial charge >= 0.3 is 0 Å². The molecule has 1 amide bonds. The van der Waals surface area contributed by atoms with Crippen LogP contribution in [0.15, 0.2) is 42.7 Å². The first-order valence-corrected chi connectivity index (χ1v) is 6.29. The summed E-state index contributed by atoms with van der Waals surface area (Å²) in [6.07, 6.45) is 4.76. The third-order valence-corrected chi connectivity index (χ3v) is 3.33. The topological polar surface area (TPSA) is 53.4 Å². The van der Waals surface area contributed by atoms with E-state index in [1.807, 2.05) is 18.2 Å². The van der Waals surface area contributed by atoms with Crippen molar-refractivity contribution in [2.75, 3.05) is 11.4 Å². The maximum absolute atomic E-state index is 12.5. The molecule has 3 rings (SSSR count). The zero-order valence-corrected chi connectivity index (χ0v) is 10.4. The molecule has 1 aliphatic rings. The van der Waals surface area contributed by atoms with Gasteiger partial charge in [0.05, 0.1) is 11.8 Å². The average molecular weight is 254 g/mol. The van der Waals surface area contributed by atoms with Gasteiger partial charge < -0.3 is 10.0 Å². The van der Waals surface area contributed by atoms with Gasteiger partial charge in [0.25, 0.3) is 5.91 Å². The molecule has 0 aliphatic carbocycles. The Morgan fingerprint density at radius 1 is 1.26 bits per heavy atom. The lowest BCUT2D eigenvalue weighted by Crippen LogP contribution is -2.35. The number of fused-ring (bicyclic) bond motifs is 1. The number of hydrogen-bond donors (Lipinski definition) is 1. The normalized spacial score (nSPS) is 14.0. The number of pyridine rings is 1. The molecule has 2 heterocycles. The quantitative estimate of drug-likeness (QED) is 0.850. The van der Waals surface area contributed by atoms with Crippen LogP contribution in [0.1, 0.15) is 22.3 Å². The highest BCUT2D eigenvalue weighted by atomic mass is 16.3. The third kappa shape index (κ3) is 2.17. The summed E-state index contributed by atoms with van der Waals surface area (Å²) in [5.74, 6) is -0.105. The average Bonchev–Trinajstić information content (AvgIpc) is 2.46. The summed E-state index contributed by atoms with van der Waals surface area (Å²) in [6.45, 7) is 0.700. The number of carbonyl (C=O) groups excluding carboxylic acids is 1. The summed E-state index contributed by atoms with van der Waals surface area (Å²) in [5, 5.41) is 9.42. The van der Waals surface area contributed by atoms with Gasteiger partial charge in [-0.15, -0.1) is 0 Å². The van der Waals surface area contributed by atoms with Crippen molar-refractivity contribution < 1.29 is 9.90 Å². The maximum atomic E-state index is 12.5. The molecule has 0 radical (unpaired) electrons. The van der Waals surface area contributed by atoms with Gasteiger partial charge in [-0.05, 0) is 30.5 Å². The number of para-hydroxylation sites is 1. The molecule has 0 saturated heterocycles. The summed E-state index contributed by atoms with van der Waals surface area (Å²) < 4.78 is 0. The molecule has 0 saturated carbocycles. The fourth-order valence-corrected chi connectivity index (χ4v) is 2.45. The SMILES string of the molecule is O=C(c1cncc(O)c1)N1CCCc2ccccc21. The first kappa shape index (κ1) is 11.7. The van der Waals surface area contributed by atoms with Crippen molar-refractivity contribution in [2.24, 2.45) is 0 Å². The van der Waals surface area contributed by atoms with Crippen molar-refractivity contribution in [3.8, 4) is 5.75 Å². The molecule has 4 nitrogen and oxygen atoms in total. The van der Waals surface area contributed by atoms with Crippen LogP contribution in [0.25, 0.3) is 0 Å². The number of amides is 1. The van der Waals surface area contributed by atoms with Crippen LogP contribution in [-0.4, -0.2) is 22.5 Å². The standard InChI is InChI=1S/C15H14N2O2/c18-13-8-12(9-16-10-13)15(19)17-7-3-5-11-4-1-2-6-14(11)17/h1-2,4,6,8-10,18H,3,5,7H2. The molecule has 4 heteroatoms. The summed E-state index contributed by atoms with van der Waals surface area (Å²) in [7, 11) is 0. The Bertz CT molecular complexity index is 625. The van der Waals surface area contributed by atoms with Crippen LogP contribution < -0.4 is 4.90 Å². The van der Waals surface area contributed by atoms with E-state index in [4.69, 9.17) is 0 Å². The number of aromatic nitrogens is 1. The molecular weight excluding hydrogens is 240 g/mol. The van der Waals surface area contributed by atoms with Gasteiger partial charge in [-0.25, -0.2) is 0 Å². The first-order valence-electron chi connectivity index (χ1n) is 6.29. The number of rotatable bonds is 1. The lowest BCUT2D eigenvalue weighted by atomic mass is 10.0. The van der Waals surface area contributed by atoms with Gasteiger partial charge in [0, 0.05) is 18.4 Å². The van der Waals surface area contributed by atoms with Crippen molar-refractivity contribution in [3.63, 3.8) is 0 Å². The molecule has 0 fully saturated rings. The molecule has 1 N–H and O–H groups in total. The monoisotopic (exact) mass is 254 g/mol. The Hall–Kier alpha value is -2.36. The minimum Gasteiger partial charge on any atom is -0.506 e. The van der Waals surface area contributed by atoms with E-state index in [-0.39, 0.29) is 11.7 Å². The Balaban J connectivity index is 1.98. The zero-order valence-electron chi connectivity index (χ0n) is 10.4. The molecule has 0 spiro atoms.